The lowest BCUT2D eigenvalue weighted by atomic mass is 10.2. The highest BCUT2D eigenvalue weighted by Crippen LogP contribution is 2.31. The molecular weight excluding hydrogens is 312 g/mol. The van der Waals surface area contributed by atoms with Crippen LogP contribution in [-0.4, -0.2) is 17.0 Å². The van der Waals surface area contributed by atoms with E-state index in [-0.39, 0.29) is 18.0 Å². The van der Waals surface area contributed by atoms with E-state index in [1.165, 1.54) is 25.5 Å². The van der Waals surface area contributed by atoms with Gasteiger partial charge in [0, 0.05) is 5.56 Å². The van der Waals surface area contributed by atoms with Gasteiger partial charge in [-0.25, -0.2) is 4.98 Å². The second-order valence-corrected chi connectivity index (χ2v) is 4.89. The van der Waals surface area contributed by atoms with Crippen LogP contribution in [0.1, 0.15) is 5.69 Å². The summed E-state index contributed by atoms with van der Waals surface area (Å²) >= 11 is 0. The quantitative estimate of drug-likeness (QED) is 0.505. The number of methoxy groups -OCH3 is 1. The van der Waals surface area contributed by atoms with Crippen LogP contribution in [0.2, 0.25) is 0 Å². The zero-order valence-electron chi connectivity index (χ0n) is 12.8. The number of ether oxygens (including phenoxy) is 2. The van der Waals surface area contributed by atoms with Crippen molar-refractivity contribution in [2.45, 2.75) is 6.61 Å². The summed E-state index contributed by atoms with van der Waals surface area (Å²) in [6, 6.07) is 13.8. The minimum Gasteiger partial charge on any atom is -0.496 e. The molecule has 0 unspecified atom stereocenters. The molecule has 0 aliphatic carbocycles. The summed E-state index contributed by atoms with van der Waals surface area (Å²) in [6.45, 7) is 0.0590. The molecule has 2 aromatic carbocycles. The first-order valence-electron chi connectivity index (χ1n) is 7.12. The maximum Gasteiger partial charge on any atom is 0.314 e. The highest BCUT2D eigenvalue weighted by atomic mass is 16.6. The molecule has 0 aliphatic heterocycles. The number of nitro benzene ring substituents is 1. The molecule has 122 valence electrons. The van der Waals surface area contributed by atoms with Gasteiger partial charge in [-0.15, -0.1) is 0 Å². The summed E-state index contributed by atoms with van der Waals surface area (Å²) in [6.07, 6.45) is 1.47. The smallest absolute Gasteiger partial charge is 0.314 e. The van der Waals surface area contributed by atoms with Crippen LogP contribution in [0.5, 0.6) is 11.5 Å². The lowest BCUT2D eigenvalue weighted by Crippen LogP contribution is -2.00. The van der Waals surface area contributed by atoms with Crippen molar-refractivity contribution in [1.82, 2.24) is 4.98 Å². The number of rotatable bonds is 6. The molecule has 7 nitrogen and oxygen atoms in total. The number of nitro groups is 1. The van der Waals surface area contributed by atoms with Gasteiger partial charge in [0.15, 0.2) is 5.75 Å². The number of benzene rings is 2. The number of hydrogen-bond donors (Lipinski definition) is 0. The van der Waals surface area contributed by atoms with Gasteiger partial charge in [0.1, 0.15) is 24.3 Å². The Morgan fingerprint density at radius 3 is 2.71 bits per heavy atom. The van der Waals surface area contributed by atoms with Gasteiger partial charge in [-0.05, 0) is 24.3 Å². The zero-order chi connectivity index (χ0) is 16.9. The minimum atomic E-state index is -0.518. The van der Waals surface area contributed by atoms with Gasteiger partial charge < -0.3 is 13.9 Å². The van der Waals surface area contributed by atoms with Crippen molar-refractivity contribution in [3.8, 4) is 23.0 Å². The second kappa shape index (κ2) is 6.82. The van der Waals surface area contributed by atoms with E-state index in [4.69, 9.17) is 13.9 Å². The SMILES string of the molecule is COc1ccc(OCc2coc(-c3ccccc3)n2)c([N+](=O)[O-])c1. The second-order valence-electron chi connectivity index (χ2n) is 4.89. The Kier molecular flexibility index (Phi) is 4.42. The largest absolute Gasteiger partial charge is 0.496 e. The molecule has 0 aliphatic rings. The number of nitrogens with zero attached hydrogens (tertiary/aromatic N) is 2. The van der Waals surface area contributed by atoms with Crippen LogP contribution < -0.4 is 9.47 Å². The topological polar surface area (TPSA) is 87.6 Å². The molecule has 0 bridgehead atoms. The fraction of sp³-hybridized carbons (Fsp3) is 0.118. The fourth-order valence-electron chi connectivity index (χ4n) is 2.13. The number of aromatic nitrogens is 1. The van der Waals surface area contributed by atoms with E-state index in [1.54, 1.807) is 6.07 Å². The predicted octanol–water partition coefficient (Wildman–Crippen LogP) is 3.84. The van der Waals surface area contributed by atoms with Gasteiger partial charge in [0.05, 0.1) is 18.1 Å². The summed E-state index contributed by atoms with van der Waals surface area (Å²) < 4.78 is 15.9. The van der Waals surface area contributed by atoms with Crippen molar-refractivity contribution < 1.29 is 18.8 Å². The van der Waals surface area contributed by atoms with Gasteiger partial charge in [0.2, 0.25) is 5.89 Å². The van der Waals surface area contributed by atoms with Crippen molar-refractivity contribution in [2.75, 3.05) is 7.11 Å². The maximum absolute atomic E-state index is 11.1. The van der Waals surface area contributed by atoms with E-state index in [1.807, 2.05) is 30.3 Å². The van der Waals surface area contributed by atoms with Crippen LogP contribution in [0.3, 0.4) is 0 Å². The van der Waals surface area contributed by atoms with Gasteiger partial charge >= 0.3 is 5.69 Å². The molecule has 0 atom stereocenters. The van der Waals surface area contributed by atoms with E-state index in [2.05, 4.69) is 4.98 Å². The van der Waals surface area contributed by atoms with Crippen molar-refractivity contribution >= 4 is 5.69 Å². The molecule has 7 heteroatoms. The van der Waals surface area contributed by atoms with Crippen molar-refractivity contribution in [2.24, 2.45) is 0 Å². The Bertz CT molecular complexity index is 845. The fourth-order valence-corrected chi connectivity index (χ4v) is 2.13. The van der Waals surface area contributed by atoms with E-state index >= 15 is 0 Å². The average Bonchev–Trinajstić information content (AvgIpc) is 3.09. The minimum absolute atomic E-state index is 0.0590. The summed E-state index contributed by atoms with van der Waals surface area (Å²) in [5, 5.41) is 11.1. The Labute approximate surface area is 137 Å². The molecule has 3 rings (SSSR count). The molecule has 0 saturated heterocycles. The normalized spacial score (nSPS) is 10.4. The molecule has 0 saturated carbocycles. The van der Waals surface area contributed by atoms with Crippen LogP contribution >= 0.6 is 0 Å². The van der Waals surface area contributed by atoms with Crippen LogP contribution in [0.25, 0.3) is 11.5 Å². The first kappa shape index (κ1) is 15.5. The molecule has 24 heavy (non-hydrogen) atoms. The molecule has 0 spiro atoms. The Balaban J connectivity index is 1.75. The van der Waals surface area contributed by atoms with Crippen LogP contribution in [0.4, 0.5) is 5.69 Å². The number of oxazole rings is 1. The van der Waals surface area contributed by atoms with Crippen LogP contribution in [-0.2, 0) is 6.61 Å². The first-order valence-corrected chi connectivity index (χ1v) is 7.12. The molecule has 1 aromatic heterocycles. The lowest BCUT2D eigenvalue weighted by Gasteiger charge is -2.06. The molecular formula is C17H14N2O5. The predicted molar refractivity (Wildman–Crippen MR) is 85.9 cm³/mol. The summed E-state index contributed by atoms with van der Waals surface area (Å²) in [7, 11) is 1.44. The molecule has 0 fully saturated rings. The van der Waals surface area contributed by atoms with Gasteiger partial charge in [0.25, 0.3) is 0 Å². The summed E-state index contributed by atoms with van der Waals surface area (Å²) in [5.41, 5.74) is 1.22. The molecule has 0 N–H and O–H groups in total. The molecule has 1 heterocycles. The van der Waals surface area contributed by atoms with E-state index < -0.39 is 4.92 Å². The van der Waals surface area contributed by atoms with Crippen LogP contribution in [0, 0.1) is 10.1 Å². The van der Waals surface area contributed by atoms with Crippen molar-refractivity contribution in [1.29, 1.82) is 0 Å². The van der Waals surface area contributed by atoms with Crippen molar-refractivity contribution in [3.05, 3.63) is 70.6 Å². The third-order valence-corrected chi connectivity index (χ3v) is 3.31. The Morgan fingerprint density at radius 1 is 1.21 bits per heavy atom. The van der Waals surface area contributed by atoms with Gasteiger partial charge in [-0.1, -0.05) is 18.2 Å². The average molecular weight is 326 g/mol. The Morgan fingerprint density at radius 2 is 2.00 bits per heavy atom. The zero-order valence-corrected chi connectivity index (χ0v) is 12.8. The highest BCUT2D eigenvalue weighted by Gasteiger charge is 2.17. The summed E-state index contributed by atoms with van der Waals surface area (Å²) in [4.78, 5) is 14.9. The number of hydrogen-bond acceptors (Lipinski definition) is 6. The monoisotopic (exact) mass is 326 g/mol. The highest BCUT2D eigenvalue weighted by molar-refractivity contribution is 5.53. The standard InChI is InChI=1S/C17H14N2O5/c1-22-14-7-8-16(15(9-14)19(20)21)23-10-13-11-24-17(18-13)12-5-3-2-4-6-12/h2-9,11H,10H2,1H3. The Hall–Kier alpha value is -3.35. The third-order valence-electron chi connectivity index (χ3n) is 3.31. The van der Waals surface area contributed by atoms with Crippen LogP contribution in [0.15, 0.2) is 59.2 Å². The molecule has 0 radical (unpaired) electrons. The first-order chi connectivity index (χ1) is 11.7. The van der Waals surface area contributed by atoms with E-state index in [9.17, 15) is 10.1 Å². The van der Waals surface area contributed by atoms with E-state index in [0.717, 1.165) is 5.56 Å². The summed E-state index contributed by atoms with van der Waals surface area (Å²) in [5.74, 6) is 1.00. The lowest BCUT2D eigenvalue weighted by molar-refractivity contribution is -0.386. The van der Waals surface area contributed by atoms with Gasteiger partial charge in [-0.3, -0.25) is 10.1 Å². The van der Waals surface area contributed by atoms with Gasteiger partial charge in [-0.2, -0.15) is 0 Å². The maximum atomic E-state index is 11.1. The third kappa shape index (κ3) is 3.35. The molecule has 0 amide bonds. The van der Waals surface area contributed by atoms with Crippen molar-refractivity contribution in [3.63, 3.8) is 0 Å². The van der Waals surface area contributed by atoms with E-state index in [0.29, 0.717) is 17.3 Å². The molecule has 3 aromatic rings.